The van der Waals surface area contributed by atoms with E-state index in [1.165, 1.54) is 19.3 Å². The van der Waals surface area contributed by atoms with Gasteiger partial charge in [0, 0.05) is 19.1 Å². The van der Waals surface area contributed by atoms with Crippen molar-refractivity contribution in [1.29, 1.82) is 0 Å². The summed E-state index contributed by atoms with van der Waals surface area (Å²) in [6, 6.07) is -0.108. The van der Waals surface area contributed by atoms with Crippen LogP contribution in [0.15, 0.2) is 0 Å². The van der Waals surface area contributed by atoms with Crippen molar-refractivity contribution in [3.63, 3.8) is 0 Å². The number of carbonyl (C=O) groups is 1. The van der Waals surface area contributed by atoms with Gasteiger partial charge in [0.05, 0.1) is 19.1 Å². The zero-order valence-electron chi connectivity index (χ0n) is 10.0. The molecule has 16 heavy (non-hydrogen) atoms. The Morgan fingerprint density at radius 3 is 2.62 bits per heavy atom. The van der Waals surface area contributed by atoms with Crippen molar-refractivity contribution in [2.75, 3.05) is 26.3 Å². The predicted molar refractivity (Wildman–Crippen MR) is 61.9 cm³/mol. The van der Waals surface area contributed by atoms with Crippen LogP contribution in [0.5, 0.6) is 0 Å². The van der Waals surface area contributed by atoms with Gasteiger partial charge in [0.1, 0.15) is 0 Å². The molecule has 0 bridgehead atoms. The molecule has 2 unspecified atom stereocenters. The SMILES string of the molecule is CCN(CC1CCC1)C(=O)C1COCC1N. The molecule has 1 aliphatic heterocycles. The van der Waals surface area contributed by atoms with Gasteiger partial charge in [-0.2, -0.15) is 0 Å². The quantitative estimate of drug-likeness (QED) is 0.764. The summed E-state index contributed by atoms with van der Waals surface area (Å²) in [5.74, 6) is 0.807. The Morgan fingerprint density at radius 2 is 2.19 bits per heavy atom. The number of ether oxygens (including phenoxy) is 1. The topological polar surface area (TPSA) is 55.6 Å². The third-order valence-electron chi connectivity index (χ3n) is 3.84. The highest BCUT2D eigenvalue weighted by Gasteiger charge is 2.35. The van der Waals surface area contributed by atoms with Crippen LogP contribution in [0.4, 0.5) is 0 Å². The number of hydrogen-bond donors (Lipinski definition) is 1. The normalized spacial score (nSPS) is 30.1. The first-order valence-electron chi connectivity index (χ1n) is 6.34. The lowest BCUT2D eigenvalue weighted by Gasteiger charge is -2.33. The van der Waals surface area contributed by atoms with E-state index in [0.29, 0.717) is 13.2 Å². The second kappa shape index (κ2) is 5.15. The Labute approximate surface area is 97.1 Å². The van der Waals surface area contributed by atoms with Crippen molar-refractivity contribution in [2.45, 2.75) is 32.2 Å². The number of hydrogen-bond acceptors (Lipinski definition) is 3. The molecule has 0 radical (unpaired) electrons. The standard InChI is InChI=1S/C12H22N2O2/c1-2-14(6-9-4-3-5-9)12(15)10-7-16-8-11(10)13/h9-11H,2-8,13H2,1H3. The number of nitrogens with two attached hydrogens (primary N) is 1. The van der Waals surface area contributed by atoms with Crippen LogP contribution in [-0.4, -0.2) is 43.2 Å². The fourth-order valence-electron chi connectivity index (χ4n) is 2.42. The van der Waals surface area contributed by atoms with Gasteiger partial charge < -0.3 is 15.4 Å². The monoisotopic (exact) mass is 226 g/mol. The molecule has 92 valence electrons. The lowest BCUT2D eigenvalue weighted by molar-refractivity contribution is -0.136. The average Bonchev–Trinajstić information content (AvgIpc) is 2.62. The van der Waals surface area contributed by atoms with E-state index in [0.717, 1.165) is 19.0 Å². The summed E-state index contributed by atoms with van der Waals surface area (Å²) in [7, 11) is 0. The van der Waals surface area contributed by atoms with Crippen LogP contribution in [0, 0.1) is 11.8 Å². The molecule has 2 rings (SSSR count). The fraction of sp³-hybridized carbons (Fsp3) is 0.917. The molecule has 1 saturated carbocycles. The van der Waals surface area contributed by atoms with Gasteiger partial charge in [0.2, 0.25) is 5.91 Å². The number of carbonyl (C=O) groups excluding carboxylic acids is 1. The van der Waals surface area contributed by atoms with E-state index in [-0.39, 0.29) is 17.9 Å². The van der Waals surface area contributed by atoms with Crippen molar-refractivity contribution in [3.05, 3.63) is 0 Å². The maximum absolute atomic E-state index is 12.2. The van der Waals surface area contributed by atoms with Crippen LogP contribution < -0.4 is 5.73 Å². The average molecular weight is 226 g/mol. The first-order valence-corrected chi connectivity index (χ1v) is 6.34. The Hall–Kier alpha value is -0.610. The van der Waals surface area contributed by atoms with Gasteiger partial charge in [-0.25, -0.2) is 0 Å². The summed E-state index contributed by atoms with van der Waals surface area (Å²) >= 11 is 0. The third kappa shape index (κ3) is 2.38. The first-order chi connectivity index (χ1) is 7.72. The molecular weight excluding hydrogens is 204 g/mol. The van der Waals surface area contributed by atoms with Gasteiger partial charge in [-0.15, -0.1) is 0 Å². The van der Waals surface area contributed by atoms with E-state index in [2.05, 4.69) is 0 Å². The minimum atomic E-state index is -0.111. The molecule has 0 aromatic heterocycles. The smallest absolute Gasteiger partial charge is 0.229 e. The highest BCUT2D eigenvalue weighted by atomic mass is 16.5. The van der Waals surface area contributed by atoms with Gasteiger partial charge in [-0.05, 0) is 25.7 Å². The molecule has 2 aliphatic rings. The molecular formula is C12H22N2O2. The molecule has 1 aliphatic carbocycles. The van der Waals surface area contributed by atoms with Crippen LogP contribution in [0.1, 0.15) is 26.2 Å². The Bertz CT molecular complexity index is 253. The summed E-state index contributed by atoms with van der Waals surface area (Å²) < 4.78 is 5.26. The highest BCUT2D eigenvalue weighted by molar-refractivity contribution is 5.80. The van der Waals surface area contributed by atoms with E-state index in [9.17, 15) is 4.79 Å². The van der Waals surface area contributed by atoms with Crippen LogP contribution in [0.25, 0.3) is 0 Å². The molecule has 2 fully saturated rings. The third-order valence-corrected chi connectivity index (χ3v) is 3.84. The zero-order valence-corrected chi connectivity index (χ0v) is 10.0. The molecule has 1 heterocycles. The summed E-state index contributed by atoms with van der Waals surface area (Å²) in [6.45, 7) is 4.77. The molecule has 1 amide bonds. The summed E-state index contributed by atoms with van der Waals surface area (Å²) in [5.41, 5.74) is 5.88. The largest absolute Gasteiger partial charge is 0.379 e. The molecule has 2 N–H and O–H groups in total. The maximum atomic E-state index is 12.2. The lowest BCUT2D eigenvalue weighted by Crippen LogP contribution is -2.45. The Morgan fingerprint density at radius 1 is 1.44 bits per heavy atom. The minimum absolute atomic E-state index is 0.108. The highest BCUT2D eigenvalue weighted by Crippen LogP contribution is 2.28. The first kappa shape index (κ1) is 11.9. The minimum Gasteiger partial charge on any atom is -0.379 e. The molecule has 4 heteroatoms. The van der Waals surface area contributed by atoms with E-state index < -0.39 is 0 Å². The second-order valence-corrected chi connectivity index (χ2v) is 4.98. The molecule has 1 saturated heterocycles. The lowest BCUT2D eigenvalue weighted by atomic mass is 9.85. The molecule has 0 aromatic rings. The summed E-state index contributed by atoms with van der Waals surface area (Å²) in [4.78, 5) is 14.2. The van der Waals surface area contributed by atoms with Crippen molar-refractivity contribution in [2.24, 2.45) is 17.6 Å². The fourth-order valence-corrected chi connectivity index (χ4v) is 2.42. The van der Waals surface area contributed by atoms with Gasteiger partial charge in [-0.1, -0.05) is 6.42 Å². The van der Waals surface area contributed by atoms with E-state index in [1.807, 2.05) is 11.8 Å². The van der Waals surface area contributed by atoms with E-state index in [1.54, 1.807) is 0 Å². The van der Waals surface area contributed by atoms with Gasteiger partial charge in [-0.3, -0.25) is 4.79 Å². The molecule has 0 spiro atoms. The van der Waals surface area contributed by atoms with E-state index in [4.69, 9.17) is 10.5 Å². The predicted octanol–water partition coefficient (Wildman–Crippen LogP) is 0.609. The molecule has 4 nitrogen and oxygen atoms in total. The van der Waals surface area contributed by atoms with Gasteiger partial charge >= 0.3 is 0 Å². The van der Waals surface area contributed by atoms with Crippen molar-refractivity contribution in [3.8, 4) is 0 Å². The number of nitrogens with zero attached hydrogens (tertiary/aromatic N) is 1. The summed E-state index contributed by atoms with van der Waals surface area (Å²) in [6.07, 6.45) is 3.87. The Kier molecular flexibility index (Phi) is 3.82. The van der Waals surface area contributed by atoms with Crippen LogP contribution in [-0.2, 0) is 9.53 Å². The zero-order chi connectivity index (χ0) is 11.5. The number of rotatable bonds is 4. The van der Waals surface area contributed by atoms with Crippen LogP contribution >= 0.6 is 0 Å². The second-order valence-electron chi connectivity index (χ2n) is 4.98. The number of amides is 1. The van der Waals surface area contributed by atoms with Crippen LogP contribution in [0.2, 0.25) is 0 Å². The molecule has 0 aromatic carbocycles. The van der Waals surface area contributed by atoms with Crippen molar-refractivity contribution < 1.29 is 9.53 Å². The van der Waals surface area contributed by atoms with Crippen LogP contribution in [0.3, 0.4) is 0 Å². The van der Waals surface area contributed by atoms with Crippen molar-refractivity contribution >= 4 is 5.91 Å². The summed E-state index contributed by atoms with van der Waals surface area (Å²) in [5, 5.41) is 0. The van der Waals surface area contributed by atoms with Gasteiger partial charge in [0.25, 0.3) is 0 Å². The van der Waals surface area contributed by atoms with Crippen molar-refractivity contribution in [1.82, 2.24) is 4.90 Å². The Balaban J connectivity index is 1.89. The maximum Gasteiger partial charge on any atom is 0.229 e. The molecule has 2 atom stereocenters. The van der Waals surface area contributed by atoms with Gasteiger partial charge in [0.15, 0.2) is 0 Å². The van der Waals surface area contributed by atoms with E-state index >= 15 is 0 Å².